The molecule has 0 aliphatic heterocycles. The molecule has 0 saturated carbocycles. The van der Waals surface area contributed by atoms with Gasteiger partial charge in [-0.1, -0.05) is 6.42 Å². The fourth-order valence-corrected chi connectivity index (χ4v) is 3.60. The van der Waals surface area contributed by atoms with E-state index in [4.69, 9.17) is 0 Å². The number of aromatic amines is 1. The normalized spacial score (nSPS) is 14.4. The van der Waals surface area contributed by atoms with Gasteiger partial charge in [-0.15, -0.1) is 11.3 Å². The number of hydrogen-bond acceptors (Lipinski definition) is 4. The first-order valence-corrected chi connectivity index (χ1v) is 8.03. The van der Waals surface area contributed by atoms with E-state index in [0.29, 0.717) is 5.13 Å². The molecule has 3 N–H and O–H groups in total. The Morgan fingerprint density at radius 2 is 2.00 bits per heavy atom. The van der Waals surface area contributed by atoms with Crippen molar-refractivity contribution >= 4 is 28.2 Å². The summed E-state index contributed by atoms with van der Waals surface area (Å²) in [5.41, 5.74) is 3.50. The van der Waals surface area contributed by atoms with Crippen LogP contribution in [0, 0.1) is 13.8 Å². The second-order valence-electron chi connectivity index (χ2n) is 5.34. The number of nitrogens with one attached hydrogen (secondary N) is 3. The lowest BCUT2D eigenvalue weighted by atomic mass is 10.2. The molecule has 0 spiro atoms. The van der Waals surface area contributed by atoms with Gasteiger partial charge in [-0.05, 0) is 39.5 Å². The third-order valence-electron chi connectivity index (χ3n) is 3.68. The topological polar surface area (TPSA) is 82.7 Å². The molecule has 0 radical (unpaired) electrons. The van der Waals surface area contributed by atoms with E-state index < -0.39 is 0 Å². The van der Waals surface area contributed by atoms with Gasteiger partial charge in [-0.25, -0.2) is 9.78 Å². The van der Waals surface area contributed by atoms with Crippen LogP contribution in [-0.2, 0) is 12.8 Å². The first kappa shape index (κ1) is 14.1. The fourth-order valence-electron chi connectivity index (χ4n) is 2.56. The molecule has 1 aliphatic rings. The molecular formula is C14H19N5OS. The summed E-state index contributed by atoms with van der Waals surface area (Å²) in [6, 6.07) is -0.272. The highest BCUT2D eigenvalue weighted by Gasteiger charge is 2.16. The molecule has 1 aliphatic carbocycles. The van der Waals surface area contributed by atoms with Gasteiger partial charge < -0.3 is 5.32 Å². The molecular weight excluding hydrogens is 286 g/mol. The third-order valence-corrected chi connectivity index (χ3v) is 4.76. The Morgan fingerprint density at radius 1 is 1.19 bits per heavy atom. The Morgan fingerprint density at radius 3 is 2.76 bits per heavy atom. The molecule has 0 atom stereocenters. The lowest BCUT2D eigenvalue weighted by Gasteiger charge is -2.05. The molecule has 0 aromatic carbocycles. The first-order valence-electron chi connectivity index (χ1n) is 7.21. The number of H-pyrrole nitrogens is 1. The van der Waals surface area contributed by atoms with Crippen LogP contribution in [0.2, 0.25) is 0 Å². The Kier molecular flexibility index (Phi) is 3.92. The van der Waals surface area contributed by atoms with Gasteiger partial charge in [0.1, 0.15) is 0 Å². The van der Waals surface area contributed by atoms with Crippen molar-refractivity contribution in [3.63, 3.8) is 0 Å². The van der Waals surface area contributed by atoms with Crippen LogP contribution < -0.4 is 10.6 Å². The number of hydrogen-bond donors (Lipinski definition) is 3. The number of anilines is 2. The van der Waals surface area contributed by atoms with E-state index in [9.17, 15) is 4.79 Å². The van der Waals surface area contributed by atoms with Crippen LogP contribution in [0.25, 0.3) is 0 Å². The predicted molar refractivity (Wildman–Crippen MR) is 84.1 cm³/mol. The monoisotopic (exact) mass is 305 g/mol. The quantitative estimate of drug-likeness (QED) is 0.744. The second kappa shape index (κ2) is 5.85. The summed E-state index contributed by atoms with van der Waals surface area (Å²) >= 11 is 1.59. The van der Waals surface area contributed by atoms with E-state index in [0.717, 1.165) is 35.6 Å². The van der Waals surface area contributed by atoms with Crippen molar-refractivity contribution in [1.29, 1.82) is 0 Å². The summed E-state index contributed by atoms with van der Waals surface area (Å²) in [4.78, 5) is 17.9. The van der Waals surface area contributed by atoms with Gasteiger partial charge in [0.2, 0.25) is 0 Å². The number of urea groups is 1. The molecule has 0 saturated heterocycles. The smallest absolute Gasteiger partial charge is 0.304 e. The van der Waals surface area contributed by atoms with E-state index in [2.05, 4.69) is 25.8 Å². The van der Waals surface area contributed by atoms with Crippen molar-refractivity contribution in [2.45, 2.75) is 46.0 Å². The summed E-state index contributed by atoms with van der Waals surface area (Å²) in [6.07, 6.45) is 5.78. The van der Waals surface area contributed by atoms with Crippen LogP contribution in [0.15, 0.2) is 0 Å². The van der Waals surface area contributed by atoms with Crippen LogP contribution in [-0.4, -0.2) is 21.2 Å². The van der Waals surface area contributed by atoms with Gasteiger partial charge in [0.05, 0.1) is 22.8 Å². The lowest BCUT2D eigenvalue weighted by Crippen LogP contribution is -2.20. The van der Waals surface area contributed by atoms with Crippen molar-refractivity contribution in [2.24, 2.45) is 0 Å². The number of carbonyl (C=O) groups is 1. The molecule has 0 fully saturated rings. The summed E-state index contributed by atoms with van der Waals surface area (Å²) in [6.45, 7) is 3.73. The minimum atomic E-state index is -0.272. The van der Waals surface area contributed by atoms with Gasteiger partial charge in [0.15, 0.2) is 5.13 Å². The van der Waals surface area contributed by atoms with E-state index in [1.165, 1.54) is 24.1 Å². The molecule has 2 aromatic heterocycles. The largest absolute Gasteiger partial charge is 0.325 e. The molecule has 112 valence electrons. The van der Waals surface area contributed by atoms with Crippen LogP contribution in [0.5, 0.6) is 0 Å². The van der Waals surface area contributed by atoms with Gasteiger partial charge in [0.25, 0.3) is 0 Å². The molecule has 2 heterocycles. The summed E-state index contributed by atoms with van der Waals surface area (Å²) in [7, 11) is 0. The molecule has 7 heteroatoms. The van der Waals surface area contributed by atoms with Gasteiger partial charge in [0, 0.05) is 4.88 Å². The lowest BCUT2D eigenvalue weighted by molar-refractivity contribution is 0.262. The number of aromatic nitrogens is 3. The number of aryl methyl sites for hydroxylation is 4. The summed E-state index contributed by atoms with van der Waals surface area (Å²) in [5, 5.41) is 13.2. The SMILES string of the molecule is Cc1n[nH]c(C)c1NC(=O)Nc1nc2c(s1)CCCCC2. The Bertz CT molecular complexity index is 617. The number of thiazole rings is 1. The molecule has 0 unspecified atom stereocenters. The van der Waals surface area contributed by atoms with Crippen LogP contribution in [0.4, 0.5) is 15.6 Å². The maximum atomic E-state index is 12.1. The van der Waals surface area contributed by atoms with Gasteiger partial charge >= 0.3 is 6.03 Å². The van der Waals surface area contributed by atoms with Crippen molar-refractivity contribution in [3.05, 3.63) is 22.0 Å². The minimum Gasteiger partial charge on any atom is -0.304 e. The van der Waals surface area contributed by atoms with E-state index in [1.54, 1.807) is 11.3 Å². The molecule has 2 amide bonds. The van der Waals surface area contributed by atoms with Gasteiger partial charge in [-0.3, -0.25) is 10.4 Å². The predicted octanol–water partition coefficient (Wildman–Crippen LogP) is 3.40. The maximum absolute atomic E-state index is 12.1. The average Bonchev–Trinajstić information content (AvgIpc) is 2.88. The molecule has 21 heavy (non-hydrogen) atoms. The van der Waals surface area contributed by atoms with Crippen molar-refractivity contribution in [3.8, 4) is 0 Å². The third kappa shape index (κ3) is 3.07. The van der Waals surface area contributed by atoms with Crippen LogP contribution >= 0.6 is 11.3 Å². The number of amides is 2. The van der Waals surface area contributed by atoms with Crippen molar-refractivity contribution in [2.75, 3.05) is 10.6 Å². The number of nitrogens with zero attached hydrogens (tertiary/aromatic N) is 2. The van der Waals surface area contributed by atoms with Crippen molar-refractivity contribution in [1.82, 2.24) is 15.2 Å². The average molecular weight is 305 g/mol. The van der Waals surface area contributed by atoms with Crippen molar-refractivity contribution < 1.29 is 4.79 Å². The number of fused-ring (bicyclic) bond motifs is 1. The van der Waals surface area contributed by atoms with E-state index >= 15 is 0 Å². The molecule has 0 bridgehead atoms. The molecule has 3 rings (SSSR count). The highest BCUT2D eigenvalue weighted by molar-refractivity contribution is 7.15. The maximum Gasteiger partial charge on any atom is 0.325 e. The Labute approximate surface area is 127 Å². The standard InChI is InChI=1S/C14H19N5OS/c1-8-12(9(2)19-18-8)16-13(20)17-14-15-10-6-4-3-5-7-11(10)21-14/h3-7H2,1-2H3,(H,18,19)(H2,15,16,17,20). The number of rotatable bonds is 2. The molecule has 6 nitrogen and oxygen atoms in total. The highest BCUT2D eigenvalue weighted by atomic mass is 32.1. The zero-order valence-electron chi connectivity index (χ0n) is 12.2. The Hall–Kier alpha value is -1.89. The number of carbonyl (C=O) groups excluding carboxylic acids is 1. The zero-order valence-corrected chi connectivity index (χ0v) is 13.1. The molecule has 2 aromatic rings. The summed E-state index contributed by atoms with van der Waals surface area (Å²) < 4.78 is 0. The summed E-state index contributed by atoms with van der Waals surface area (Å²) in [5.74, 6) is 0. The second-order valence-corrected chi connectivity index (χ2v) is 6.42. The van der Waals surface area contributed by atoms with E-state index in [-0.39, 0.29) is 6.03 Å². The van der Waals surface area contributed by atoms with E-state index in [1.807, 2.05) is 13.8 Å². The minimum absolute atomic E-state index is 0.272. The van der Waals surface area contributed by atoms with Crippen LogP contribution in [0.1, 0.15) is 41.2 Å². The van der Waals surface area contributed by atoms with Gasteiger partial charge in [-0.2, -0.15) is 5.10 Å². The fraction of sp³-hybridized carbons (Fsp3) is 0.500. The Balaban J connectivity index is 1.68. The van der Waals surface area contributed by atoms with Crippen LogP contribution in [0.3, 0.4) is 0 Å². The highest BCUT2D eigenvalue weighted by Crippen LogP contribution is 2.29. The zero-order chi connectivity index (χ0) is 14.8. The first-order chi connectivity index (χ1) is 10.1.